The highest BCUT2D eigenvalue weighted by atomic mass is 16.5. The van der Waals surface area contributed by atoms with Crippen molar-refractivity contribution in [3.05, 3.63) is 0 Å². The predicted octanol–water partition coefficient (Wildman–Crippen LogP) is -1.16. The summed E-state index contributed by atoms with van der Waals surface area (Å²) in [6.07, 6.45) is 2.04. The molecule has 0 unspecified atom stereocenters. The van der Waals surface area contributed by atoms with E-state index >= 15 is 0 Å². The Bertz CT molecular complexity index is 248. The third kappa shape index (κ3) is 10.0. The van der Waals surface area contributed by atoms with Crippen LogP contribution in [0.4, 0.5) is 0 Å². The molecule has 0 aliphatic heterocycles. The molecule has 0 aliphatic rings. The summed E-state index contributed by atoms with van der Waals surface area (Å²) >= 11 is 0. The van der Waals surface area contributed by atoms with E-state index in [1.165, 1.54) is 0 Å². The number of hydrogen-bond acceptors (Lipinski definition) is 5. The maximum atomic E-state index is 11.4. The molecule has 2 amide bonds. The van der Waals surface area contributed by atoms with Gasteiger partial charge in [-0.25, -0.2) is 5.84 Å². The second-order valence-electron chi connectivity index (χ2n) is 4.11. The number of ether oxygens (including phenoxy) is 1. The number of amides is 2. The number of hydrogen-bond donors (Lipinski definition) is 3. The van der Waals surface area contributed by atoms with Gasteiger partial charge in [-0.05, 0) is 26.4 Å². The van der Waals surface area contributed by atoms with Crippen LogP contribution in [0.5, 0.6) is 0 Å². The minimum absolute atomic E-state index is 0.0192. The van der Waals surface area contributed by atoms with Crippen molar-refractivity contribution < 1.29 is 14.3 Å². The highest BCUT2D eigenvalue weighted by Crippen LogP contribution is 1.97. The van der Waals surface area contributed by atoms with Gasteiger partial charge in [0.15, 0.2) is 0 Å². The van der Waals surface area contributed by atoms with Crippen LogP contribution in [-0.4, -0.2) is 57.1 Å². The lowest BCUT2D eigenvalue weighted by Gasteiger charge is -2.15. The molecule has 18 heavy (non-hydrogen) atoms. The van der Waals surface area contributed by atoms with Crippen molar-refractivity contribution in [2.45, 2.75) is 19.3 Å². The van der Waals surface area contributed by atoms with E-state index in [1.807, 2.05) is 11.9 Å². The monoisotopic (exact) mass is 260 g/mol. The number of rotatable bonds is 10. The first-order valence-electron chi connectivity index (χ1n) is 6.03. The summed E-state index contributed by atoms with van der Waals surface area (Å²) in [5, 5.41) is 2.75. The summed E-state index contributed by atoms with van der Waals surface area (Å²) in [6, 6.07) is 0. The van der Waals surface area contributed by atoms with E-state index in [9.17, 15) is 9.59 Å². The number of unbranched alkanes of at least 4 members (excludes halogenated alkanes) is 1. The van der Waals surface area contributed by atoms with Gasteiger partial charge in [0.25, 0.3) is 0 Å². The smallest absolute Gasteiger partial charge is 0.234 e. The largest absolute Gasteiger partial charge is 0.383 e. The molecule has 0 aliphatic carbocycles. The van der Waals surface area contributed by atoms with Crippen LogP contribution in [0.15, 0.2) is 0 Å². The van der Waals surface area contributed by atoms with E-state index in [1.54, 1.807) is 7.11 Å². The average molecular weight is 260 g/mol. The van der Waals surface area contributed by atoms with Gasteiger partial charge in [0, 0.05) is 20.1 Å². The molecule has 0 saturated heterocycles. The fourth-order valence-electron chi connectivity index (χ4n) is 1.41. The lowest BCUT2D eigenvalue weighted by atomic mass is 10.2. The van der Waals surface area contributed by atoms with Crippen LogP contribution in [0.25, 0.3) is 0 Å². The van der Waals surface area contributed by atoms with Gasteiger partial charge in [-0.1, -0.05) is 0 Å². The SMILES string of the molecule is COCCNC(=O)CN(C)CCCCC(=O)NN. The van der Waals surface area contributed by atoms with Crippen molar-refractivity contribution >= 4 is 11.8 Å². The minimum Gasteiger partial charge on any atom is -0.383 e. The Balaban J connectivity index is 3.49. The van der Waals surface area contributed by atoms with Gasteiger partial charge in [-0.3, -0.25) is 19.9 Å². The van der Waals surface area contributed by atoms with Crippen LogP contribution in [0.3, 0.4) is 0 Å². The number of hydrazine groups is 1. The van der Waals surface area contributed by atoms with E-state index in [2.05, 4.69) is 10.7 Å². The van der Waals surface area contributed by atoms with Crippen molar-refractivity contribution in [3.63, 3.8) is 0 Å². The van der Waals surface area contributed by atoms with Crippen molar-refractivity contribution in [2.24, 2.45) is 5.84 Å². The molecule has 0 heterocycles. The number of likely N-dealkylation sites (N-methyl/N-ethyl adjacent to an activating group) is 1. The van der Waals surface area contributed by atoms with Crippen LogP contribution in [-0.2, 0) is 14.3 Å². The first-order chi connectivity index (χ1) is 8.60. The zero-order chi connectivity index (χ0) is 13.8. The summed E-state index contributed by atoms with van der Waals surface area (Å²) in [7, 11) is 3.47. The zero-order valence-electron chi connectivity index (χ0n) is 11.2. The van der Waals surface area contributed by atoms with E-state index in [0.29, 0.717) is 26.1 Å². The molecule has 0 fully saturated rings. The summed E-state index contributed by atoms with van der Waals surface area (Å²) in [4.78, 5) is 24.2. The Labute approximate surface area is 108 Å². The number of carbonyl (C=O) groups is 2. The average Bonchev–Trinajstić information content (AvgIpc) is 2.34. The molecule has 4 N–H and O–H groups in total. The van der Waals surface area contributed by atoms with Gasteiger partial charge in [0.2, 0.25) is 11.8 Å². The highest BCUT2D eigenvalue weighted by molar-refractivity contribution is 5.77. The second-order valence-corrected chi connectivity index (χ2v) is 4.11. The van der Waals surface area contributed by atoms with Crippen molar-refractivity contribution in [1.29, 1.82) is 0 Å². The molecule has 7 heteroatoms. The fourth-order valence-corrected chi connectivity index (χ4v) is 1.41. The third-order valence-corrected chi connectivity index (χ3v) is 2.40. The summed E-state index contributed by atoms with van der Waals surface area (Å²) in [5.41, 5.74) is 2.09. The maximum Gasteiger partial charge on any atom is 0.234 e. The molecule has 0 saturated carbocycles. The van der Waals surface area contributed by atoms with E-state index in [-0.39, 0.29) is 11.8 Å². The molecule has 106 valence electrons. The van der Waals surface area contributed by atoms with Crippen molar-refractivity contribution in [2.75, 3.05) is 40.4 Å². The third-order valence-electron chi connectivity index (χ3n) is 2.40. The molecule has 0 atom stereocenters. The first kappa shape index (κ1) is 16.8. The molecule has 0 aromatic carbocycles. The number of carbonyl (C=O) groups excluding carboxylic acids is 2. The number of nitrogens with one attached hydrogen (secondary N) is 2. The standard InChI is InChI=1S/C11H24N4O3/c1-15(7-4-3-5-10(16)14-12)9-11(17)13-6-8-18-2/h3-9,12H2,1-2H3,(H,13,17)(H,14,16). The van der Waals surface area contributed by atoms with Crippen LogP contribution in [0.2, 0.25) is 0 Å². The molecule has 0 radical (unpaired) electrons. The second kappa shape index (κ2) is 10.9. The van der Waals surface area contributed by atoms with E-state index in [4.69, 9.17) is 10.6 Å². The topological polar surface area (TPSA) is 96.7 Å². The van der Waals surface area contributed by atoms with Crippen molar-refractivity contribution in [3.8, 4) is 0 Å². The Morgan fingerprint density at radius 3 is 2.61 bits per heavy atom. The summed E-state index contributed by atoms with van der Waals surface area (Å²) in [5.74, 6) is 4.79. The zero-order valence-corrected chi connectivity index (χ0v) is 11.2. The summed E-state index contributed by atoms with van der Waals surface area (Å²) in [6.45, 7) is 2.17. The molecule has 0 aromatic rings. The van der Waals surface area contributed by atoms with Gasteiger partial charge in [-0.15, -0.1) is 0 Å². The molecule has 0 rings (SSSR count). The van der Waals surface area contributed by atoms with Gasteiger partial charge >= 0.3 is 0 Å². The lowest BCUT2D eigenvalue weighted by molar-refractivity contribution is -0.123. The maximum absolute atomic E-state index is 11.4. The van der Waals surface area contributed by atoms with Crippen LogP contribution >= 0.6 is 0 Å². The Morgan fingerprint density at radius 1 is 1.28 bits per heavy atom. The Hall–Kier alpha value is -1.18. The molecule has 0 aromatic heterocycles. The normalized spacial score (nSPS) is 10.4. The van der Waals surface area contributed by atoms with Gasteiger partial charge < -0.3 is 10.1 Å². The van der Waals surface area contributed by atoms with E-state index < -0.39 is 0 Å². The summed E-state index contributed by atoms with van der Waals surface area (Å²) < 4.78 is 4.83. The molecular weight excluding hydrogens is 236 g/mol. The fraction of sp³-hybridized carbons (Fsp3) is 0.818. The molecule has 7 nitrogen and oxygen atoms in total. The van der Waals surface area contributed by atoms with Crippen LogP contribution in [0, 0.1) is 0 Å². The first-order valence-corrected chi connectivity index (χ1v) is 6.03. The van der Waals surface area contributed by atoms with Crippen LogP contribution in [0.1, 0.15) is 19.3 Å². The quantitative estimate of drug-likeness (QED) is 0.199. The predicted molar refractivity (Wildman–Crippen MR) is 68.6 cm³/mol. The Kier molecular flexibility index (Phi) is 10.2. The molecule has 0 bridgehead atoms. The van der Waals surface area contributed by atoms with Crippen molar-refractivity contribution in [1.82, 2.24) is 15.6 Å². The number of nitrogens with zero attached hydrogens (tertiary/aromatic N) is 1. The molecule has 0 spiro atoms. The van der Waals surface area contributed by atoms with Crippen LogP contribution < -0.4 is 16.6 Å². The molecular formula is C11H24N4O3. The number of methoxy groups -OCH3 is 1. The van der Waals surface area contributed by atoms with Gasteiger partial charge in [0.1, 0.15) is 0 Å². The van der Waals surface area contributed by atoms with Gasteiger partial charge in [-0.2, -0.15) is 0 Å². The Morgan fingerprint density at radius 2 is 2.00 bits per heavy atom. The highest BCUT2D eigenvalue weighted by Gasteiger charge is 2.06. The lowest BCUT2D eigenvalue weighted by Crippen LogP contribution is -2.37. The number of nitrogens with two attached hydrogens (primary N) is 1. The minimum atomic E-state index is -0.157. The van der Waals surface area contributed by atoms with E-state index in [0.717, 1.165) is 19.4 Å². The van der Waals surface area contributed by atoms with Gasteiger partial charge in [0.05, 0.1) is 13.2 Å².